The molecule has 0 amide bonds. The molecule has 0 aromatic heterocycles. The van der Waals surface area contributed by atoms with Crippen molar-refractivity contribution in [2.45, 2.75) is 6.18 Å². The molecule has 0 aliphatic heterocycles. The zero-order chi connectivity index (χ0) is 12.9. The lowest BCUT2D eigenvalue weighted by atomic mass is 10.1. The van der Waals surface area contributed by atoms with Gasteiger partial charge in [-0.05, 0) is 17.7 Å². The molecule has 0 aliphatic rings. The van der Waals surface area contributed by atoms with Crippen LogP contribution in [0.3, 0.4) is 0 Å². The van der Waals surface area contributed by atoms with Gasteiger partial charge in [-0.15, -0.1) is 5.10 Å². The molecule has 0 spiro atoms. The first kappa shape index (κ1) is 13.0. The summed E-state index contributed by atoms with van der Waals surface area (Å²) < 4.78 is 36.6. The second kappa shape index (κ2) is 5.30. The number of nitrogens with one attached hydrogen (secondary N) is 1. The van der Waals surface area contributed by atoms with Crippen LogP contribution in [0.1, 0.15) is 11.1 Å². The number of nitrogens with zero attached hydrogens (tertiary/aromatic N) is 2. The molecule has 0 bridgehead atoms. The quantitative estimate of drug-likeness (QED) is 0.418. The van der Waals surface area contributed by atoms with Crippen LogP contribution in [0.4, 0.5) is 13.2 Å². The lowest BCUT2D eigenvalue weighted by Gasteiger charge is -2.05. The molecule has 92 valence electrons. The molecular weight excluding hydrogens is 237 g/mol. The van der Waals surface area contributed by atoms with Gasteiger partial charge in [-0.2, -0.15) is 18.3 Å². The highest BCUT2D eigenvalue weighted by atomic mass is 19.4. The van der Waals surface area contributed by atoms with Crippen LogP contribution in [-0.4, -0.2) is 17.4 Å². The summed E-state index contributed by atoms with van der Waals surface area (Å²) in [6.07, 6.45) is -3.16. The van der Waals surface area contributed by atoms with E-state index in [1.54, 1.807) is 5.48 Å². The Kier molecular flexibility index (Phi) is 4.05. The Morgan fingerprint density at radius 2 is 1.88 bits per heavy atom. The van der Waals surface area contributed by atoms with Crippen LogP contribution in [0, 0.1) is 0 Å². The van der Waals surface area contributed by atoms with Crippen molar-refractivity contribution in [3.63, 3.8) is 0 Å². The Morgan fingerprint density at radius 3 is 2.35 bits per heavy atom. The first-order valence-electron chi connectivity index (χ1n) is 4.37. The molecule has 0 fully saturated rings. The standard InChI is InChI=1S/C9H9F3N4O/c10-9(11,12)7-3-1-6(2-4-7)5-14-15-8(13)16-17/h1-5,17H,(H3,13,15,16)/b14-5-. The van der Waals surface area contributed by atoms with E-state index in [9.17, 15) is 13.2 Å². The number of alkyl halides is 3. The average molecular weight is 246 g/mol. The number of benzene rings is 1. The molecule has 0 radical (unpaired) electrons. The normalized spacial score (nSPS) is 13.1. The minimum Gasteiger partial charge on any atom is -0.367 e. The third kappa shape index (κ3) is 4.11. The van der Waals surface area contributed by atoms with Crippen molar-refractivity contribution in [3.05, 3.63) is 35.4 Å². The summed E-state index contributed by atoms with van der Waals surface area (Å²) in [4.78, 5) is 0. The van der Waals surface area contributed by atoms with E-state index in [0.717, 1.165) is 12.1 Å². The summed E-state index contributed by atoms with van der Waals surface area (Å²) in [5.74, 6) is -0.326. The van der Waals surface area contributed by atoms with Crippen LogP contribution in [0.15, 0.2) is 34.5 Å². The molecule has 17 heavy (non-hydrogen) atoms. The lowest BCUT2D eigenvalue weighted by molar-refractivity contribution is -0.137. The van der Waals surface area contributed by atoms with Gasteiger partial charge in [0.2, 0.25) is 5.96 Å². The molecule has 8 heteroatoms. The minimum absolute atomic E-state index is 0.326. The number of guanidine groups is 1. The lowest BCUT2D eigenvalue weighted by Crippen LogP contribution is -2.27. The fourth-order valence-corrected chi connectivity index (χ4v) is 0.938. The molecule has 5 nitrogen and oxygen atoms in total. The fraction of sp³-hybridized carbons (Fsp3) is 0.111. The van der Waals surface area contributed by atoms with Crippen molar-refractivity contribution in [2.24, 2.45) is 15.9 Å². The largest absolute Gasteiger partial charge is 0.416 e. The molecule has 0 saturated heterocycles. The Balaban J connectivity index is 2.76. The number of hydrogen-bond acceptors (Lipinski definition) is 3. The first-order chi connectivity index (χ1) is 7.93. The van der Waals surface area contributed by atoms with E-state index >= 15 is 0 Å². The summed E-state index contributed by atoms with van der Waals surface area (Å²) in [5.41, 5.74) is 6.27. The van der Waals surface area contributed by atoms with Crippen LogP contribution < -0.4 is 11.2 Å². The maximum absolute atomic E-state index is 12.2. The van der Waals surface area contributed by atoms with Crippen LogP contribution in [0.2, 0.25) is 0 Å². The molecule has 0 aliphatic carbocycles. The van der Waals surface area contributed by atoms with Crippen molar-refractivity contribution in [1.29, 1.82) is 0 Å². The second-order valence-corrected chi connectivity index (χ2v) is 2.96. The van der Waals surface area contributed by atoms with E-state index in [1.807, 2.05) is 0 Å². The van der Waals surface area contributed by atoms with Gasteiger partial charge in [0.1, 0.15) is 0 Å². The number of hydrogen-bond donors (Lipinski definition) is 3. The molecule has 1 aromatic carbocycles. The van der Waals surface area contributed by atoms with E-state index in [0.29, 0.717) is 5.56 Å². The van der Waals surface area contributed by atoms with Gasteiger partial charge in [0.25, 0.3) is 0 Å². The molecule has 1 aromatic rings. The van der Waals surface area contributed by atoms with E-state index in [4.69, 9.17) is 10.9 Å². The van der Waals surface area contributed by atoms with E-state index in [-0.39, 0.29) is 5.96 Å². The van der Waals surface area contributed by atoms with Crippen LogP contribution in [0.25, 0.3) is 0 Å². The van der Waals surface area contributed by atoms with Gasteiger partial charge >= 0.3 is 6.18 Å². The molecule has 4 N–H and O–H groups in total. The van der Waals surface area contributed by atoms with Gasteiger partial charge in [0.05, 0.1) is 11.8 Å². The van der Waals surface area contributed by atoms with Gasteiger partial charge in [-0.1, -0.05) is 12.1 Å². The van der Waals surface area contributed by atoms with Crippen molar-refractivity contribution in [1.82, 2.24) is 5.48 Å². The summed E-state index contributed by atoms with van der Waals surface area (Å²) in [5, 5.41) is 15.0. The van der Waals surface area contributed by atoms with Gasteiger partial charge in [0.15, 0.2) is 0 Å². The van der Waals surface area contributed by atoms with Crippen LogP contribution >= 0.6 is 0 Å². The van der Waals surface area contributed by atoms with E-state index in [2.05, 4.69) is 10.2 Å². The summed E-state index contributed by atoms with van der Waals surface area (Å²) in [6, 6.07) is 4.34. The highest BCUT2D eigenvalue weighted by Crippen LogP contribution is 2.28. The monoisotopic (exact) mass is 246 g/mol. The maximum Gasteiger partial charge on any atom is 0.416 e. The highest BCUT2D eigenvalue weighted by molar-refractivity contribution is 5.81. The Morgan fingerprint density at radius 1 is 1.29 bits per heavy atom. The number of halogens is 3. The van der Waals surface area contributed by atoms with Crippen LogP contribution in [0.5, 0.6) is 0 Å². The SMILES string of the molecule is NC(=N/N=C\c1ccc(C(F)(F)F)cc1)NO. The van der Waals surface area contributed by atoms with Crippen molar-refractivity contribution < 1.29 is 18.4 Å². The Hall–Kier alpha value is -2.09. The Labute approximate surface area is 94.4 Å². The van der Waals surface area contributed by atoms with Gasteiger partial charge in [-0.3, -0.25) is 5.21 Å². The third-order valence-electron chi connectivity index (χ3n) is 1.72. The molecule has 1 rings (SSSR count). The minimum atomic E-state index is -4.36. The maximum atomic E-state index is 12.2. The number of hydroxylamine groups is 1. The summed E-state index contributed by atoms with van der Waals surface area (Å²) >= 11 is 0. The Bertz CT molecular complexity index is 425. The smallest absolute Gasteiger partial charge is 0.367 e. The average Bonchev–Trinajstić information content (AvgIpc) is 2.28. The topological polar surface area (TPSA) is 83.0 Å². The molecule has 0 saturated carbocycles. The van der Waals surface area contributed by atoms with Crippen LogP contribution in [-0.2, 0) is 6.18 Å². The zero-order valence-electron chi connectivity index (χ0n) is 8.44. The van der Waals surface area contributed by atoms with Crippen molar-refractivity contribution in [2.75, 3.05) is 0 Å². The van der Waals surface area contributed by atoms with Gasteiger partial charge in [-0.25, -0.2) is 5.48 Å². The molecule has 0 unspecified atom stereocenters. The van der Waals surface area contributed by atoms with E-state index < -0.39 is 11.7 Å². The predicted octanol–water partition coefficient (Wildman–Crippen LogP) is 1.33. The fourth-order valence-electron chi connectivity index (χ4n) is 0.938. The predicted molar refractivity (Wildman–Crippen MR) is 55.6 cm³/mol. The van der Waals surface area contributed by atoms with E-state index in [1.165, 1.54) is 18.3 Å². The summed E-state index contributed by atoms with van der Waals surface area (Å²) in [6.45, 7) is 0. The second-order valence-electron chi connectivity index (χ2n) is 2.96. The zero-order valence-corrected chi connectivity index (χ0v) is 8.44. The summed E-state index contributed by atoms with van der Waals surface area (Å²) in [7, 11) is 0. The first-order valence-corrected chi connectivity index (χ1v) is 4.37. The van der Waals surface area contributed by atoms with Gasteiger partial charge < -0.3 is 5.73 Å². The van der Waals surface area contributed by atoms with Crippen molar-refractivity contribution >= 4 is 12.2 Å². The number of rotatable bonds is 2. The molecular formula is C9H9F3N4O. The molecule has 0 atom stereocenters. The number of nitrogens with two attached hydrogens (primary N) is 1. The third-order valence-corrected chi connectivity index (χ3v) is 1.72. The van der Waals surface area contributed by atoms with Gasteiger partial charge in [0, 0.05) is 0 Å². The van der Waals surface area contributed by atoms with Crippen molar-refractivity contribution in [3.8, 4) is 0 Å². The highest BCUT2D eigenvalue weighted by Gasteiger charge is 2.29. The molecule has 0 heterocycles.